The van der Waals surface area contributed by atoms with Gasteiger partial charge in [0.2, 0.25) is 5.95 Å². The molecule has 22 heavy (non-hydrogen) atoms. The monoisotopic (exact) mass is 307 g/mol. The van der Waals surface area contributed by atoms with Crippen LogP contribution in [0.4, 0.5) is 11.8 Å². The van der Waals surface area contributed by atoms with Gasteiger partial charge in [-0.3, -0.25) is 9.69 Å². The van der Waals surface area contributed by atoms with Crippen LogP contribution < -0.4 is 10.6 Å². The second-order valence-electron chi connectivity index (χ2n) is 6.04. The van der Waals surface area contributed by atoms with E-state index < -0.39 is 11.4 Å². The molecule has 0 aromatic carbocycles. The van der Waals surface area contributed by atoms with Gasteiger partial charge in [0, 0.05) is 51.9 Å². The van der Waals surface area contributed by atoms with Gasteiger partial charge >= 0.3 is 5.97 Å². The molecular weight excluding hydrogens is 286 g/mol. The predicted octanol–water partition coefficient (Wildman–Crippen LogP) is -0.472. The van der Waals surface area contributed by atoms with Gasteiger partial charge in [-0.2, -0.15) is 4.98 Å². The average Bonchev–Trinajstić information content (AvgIpc) is 3.00. The summed E-state index contributed by atoms with van der Waals surface area (Å²) in [5.41, 5.74) is 4.88. The van der Waals surface area contributed by atoms with Crippen LogP contribution in [0.3, 0.4) is 0 Å². The number of ether oxygens (including phenoxy) is 1. The first kappa shape index (κ1) is 15.0. The number of aliphatic carboxylic acids is 1. The summed E-state index contributed by atoms with van der Waals surface area (Å²) in [6.07, 6.45) is 1.60. The largest absolute Gasteiger partial charge is 0.481 e. The number of carbonyl (C=O) groups is 1. The van der Waals surface area contributed by atoms with E-state index in [4.69, 9.17) is 10.5 Å². The molecule has 0 bridgehead atoms. The van der Waals surface area contributed by atoms with Crippen LogP contribution >= 0.6 is 0 Å². The van der Waals surface area contributed by atoms with Crippen LogP contribution in [0.2, 0.25) is 0 Å². The summed E-state index contributed by atoms with van der Waals surface area (Å²) in [6, 6.07) is 1.77. The van der Waals surface area contributed by atoms with Crippen molar-refractivity contribution in [2.24, 2.45) is 11.3 Å². The van der Waals surface area contributed by atoms with Gasteiger partial charge in [-0.05, 0) is 6.07 Å². The van der Waals surface area contributed by atoms with Gasteiger partial charge < -0.3 is 20.5 Å². The Bertz CT molecular complexity index is 569. The summed E-state index contributed by atoms with van der Waals surface area (Å²) in [7, 11) is 1.66. The second kappa shape index (κ2) is 5.69. The third kappa shape index (κ3) is 2.48. The average molecular weight is 307 g/mol. The van der Waals surface area contributed by atoms with Gasteiger partial charge in [-0.1, -0.05) is 0 Å². The van der Waals surface area contributed by atoms with Crippen molar-refractivity contribution in [1.29, 1.82) is 0 Å². The maximum atomic E-state index is 11.9. The molecule has 1 aromatic heterocycles. The van der Waals surface area contributed by atoms with Gasteiger partial charge in [0.15, 0.2) is 0 Å². The smallest absolute Gasteiger partial charge is 0.313 e. The fourth-order valence-corrected chi connectivity index (χ4v) is 3.58. The molecule has 0 saturated carbocycles. The highest BCUT2D eigenvalue weighted by atomic mass is 16.5. The lowest BCUT2D eigenvalue weighted by atomic mass is 9.81. The number of hydrogen-bond donors (Lipinski definition) is 2. The minimum Gasteiger partial charge on any atom is -0.481 e. The number of nitrogen functional groups attached to an aromatic ring is 1. The highest BCUT2D eigenvalue weighted by molar-refractivity contribution is 5.78. The molecule has 0 unspecified atom stereocenters. The molecule has 1 aromatic rings. The normalized spacial score (nSPS) is 28.0. The molecule has 3 N–H and O–H groups in total. The zero-order valence-electron chi connectivity index (χ0n) is 12.6. The quantitative estimate of drug-likeness (QED) is 0.752. The summed E-state index contributed by atoms with van der Waals surface area (Å²) >= 11 is 0. The first-order valence-corrected chi connectivity index (χ1v) is 7.33. The number of nitrogens with two attached hydrogens (primary N) is 1. The van der Waals surface area contributed by atoms with E-state index in [1.54, 1.807) is 19.4 Å². The number of aromatic nitrogens is 2. The van der Waals surface area contributed by atoms with Crippen LogP contribution in [0.15, 0.2) is 12.3 Å². The molecule has 8 nitrogen and oxygen atoms in total. The van der Waals surface area contributed by atoms with Crippen molar-refractivity contribution >= 4 is 17.7 Å². The van der Waals surface area contributed by atoms with E-state index in [1.165, 1.54) is 0 Å². The topological polar surface area (TPSA) is 105 Å². The highest BCUT2D eigenvalue weighted by Crippen LogP contribution is 2.43. The zero-order chi connectivity index (χ0) is 15.7. The Balaban J connectivity index is 1.78. The van der Waals surface area contributed by atoms with Crippen LogP contribution in [0, 0.1) is 11.3 Å². The van der Waals surface area contributed by atoms with Crippen LogP contribution in [0.5, 0.6) is 0 Å². The number of fused-ring (bicyclic) bond motifs is 1. The van der Waals surface area contributed by atoms with E-state index >= 15 is 0 Å². The summed E-state index contributed by atoms with van der Waals surface area (Å²) in [6.45, 7) is 3.83. The SMILES string of the molecule is COCCN1C[C@H]2CN(c3ccnc(N)n3)C[C@@]2(C(=O)O)C1. The number of likely N-dealkylation sites (tertiary alicyclic amines) is 1. The lowest BCUT2D eigenvalue weighted by molar-refractivity contribution is -0.148. The second-order valence-corrected chi connectivity index (χ2v) is 6.04. The molecule has 3 heterocycles. The van der Waals surface area contributed by atoms with E-state index in [2.05, 4.69) is 14.9 Å². The van der Waals surface area contributed by atoms with E-state index in [0.29, 0.717) is 32.1 Å². The number of carboxylic acids is 1. The number of rotatable bonds is 5. The van der Waals surface area contributed by atoms with Gasteiger partial charge in [0.1, 0.15) is 11.2 Å². The zero-order valence-corrected chi connectivity index (χ0v) is 12.6. The van der Waals surface area contributed by atoms with Crippen molar-refractivity contribution in [3.63, 3.8) is 0 Å². The van der Waals surface area contributed by atoms with Gasteiger partial charge in [-0.15, -0.1) is 0 Å². The summed E-state index contributed by atoms with van der Waals surface area (Å²) in [4.78, 5) is 24.2. The van der Waals surface area contributed by atoms with E-state index in [9.17, 15) is 9.90 Å². The number of nitrogens with zero attached hydrogens (tertiary/aromatic N) is 4. The molecule has 8 heteroatoms. The van der Waals surface area contributed by atoms with Crippen LogP contribution in [0.25, 0.3) is 0 Å². The van der Waals surface area contributed by atoms with Gasteiger partial charge in [0.05, 0.1) is 6.61 Å². The minimum atomic E-state index is -0.743. The summed E-state index contributed by atoms with van der Waals surface area (Å²) in [5.74, 6) is 0.256. The third-order valence-corrected chi connectivity index (χ3v) is 4.70. The minimum absolute atomic E-state index is 0.0815. The highest BCUT2D eigenvalue weighted by Gasteiger charge is 2.57. The Labute approximate surface area is 128 Å². The maximum Gasteiger partial charge on any atom is 0.313 e. The summed E-state index contributed by atoms with van der Waals surface area (Å²) in [5, 5.41) is 9.79. The van der Waals surface area contributed by atoms with Gasteiger partial charge in [-0.25, -0.2) is 4.98 Å². The van der Waals surface area contributed by atoms with Crippen molar-refractivity contribution < 1.29 is 14.6 Å². The molecule has 0 aliphatic carbocycles. The molecule has 2 fully saturated rings. The first-order chi connectivity index (χ1) is 10.5. The molecule has 2 aliphatic heterocycles. The molecule has 120 valence electrons. The molecule has 3 rings (SSSR count). The van der Waals surface area contributed by atoms with Crippen molar-refractivity contribution in [2.75, 3.05) is 57.1 Å². The fourth-order valence-electron chi connectivity index (χ4n) is 3.58. The molecule has 2 atom stereocenters. The predicted molar refractivity (Wildman–Crippen MR) is 80.5 cm³/mol. The molecule has 0 spiro atoms. The van der Waals surface area contributed by atoms with Crippen LogP contribution in [-0.4, -0.2) is 72.4 Å². The maximum absolute atomic E-state index is 11.9. The molecule has 0 radical (unpaired) electrons. The van der Waals surface area contributed by atoms with E-state index in [1.807, 2.05) is 4.90 Å². The standard InChI is InChI=1S/C14H21N5O3/c1-22-5-4-18-6-10-7-19(9-14(10,8-18)12(20)21)11-2-3-16-13(15)17-11/h2-3,10H,4-9H2,1H3,(H,20,21)(H2,15,16,17)/t10-,14-/m0/s1. The number of carboxylic acid groups (broad SMARTS) is 1. The lowest BCUT2D eigenvalue weighted by Gasteiger charge is -2.25. The molecule has 0 amide bonds. The Morgan fingerprint density at radius 1 is 1.55 bits per heavy atom. The van der Waals surface area contributed by atoms with Crippen molar-refractivity contribution in [2.45, 2.75) is 0 Å². The van der Waals surface area contributed by atoms with Crippen LogP contribution in [-0.2, 0) is 9.53 Å². The number of methoxy groups -OCH3 is 1. The van der Waals surface area contributed by atoms with E-state index in [-0.39, 0.29) is 11.9 Å². The van der Waals surface area contributed by atoms with Crippen LogP contribution in [0.1, 0.15) is 0 Å². The van der Waals surface area contributed by atoms with Crippen molar-refractivity contribution in [3.05, 3.63) is 12.3 Å². The Morgan fingerprint density at radius 2 is 2.36 bits per heavy atom. The Hall–Kier alpha value is -1.93. The molecule has 2 aliphatic rings. The number of hydrogen-bond acceptors (Lipinski definition) is 7. The molecule has 2 saturated heterocycles. The van der Waals surface area contributed by atoms with Gasteiger partial charge in [0.25, 0.3) is 0 Å². The summed E-state index contributed by atoms with van der Waals surface area (Å²) < 4.78 is 5.09. The fraction of sp³-hybridized carbons (Fsp3) is 0.643. The van der Waals surface area contributed by atoms with E-state index in [0.717, 1.165) is 13.1 Å². The first-order valence-electron chi connectivity index (χ1n) is 7.33. The van der Waals surface area contributed by atoms with Crippen molar-refractivity contribution in [3.8, 4) is 0 Å². The lowest BCUT2D eigenvalue weighted by Crippen LogP contribution is -2.41. The Kier molecular flexibility index (Phi) is 3.88. The Morgan fingerprint density at radius 3 is 3.00 bits per heavy atom. The van der Waals surface area contributed by atoms with Crippen molar-refractivity contribution in [1.82, 2.24) is 14.9 Å². The molecular formula is C14H21N5O3. The third-order valence-electron chi connectivity index (χ3n) is 4.70. The number of anilines is 2.